The Balaban J connectivity index is 0.000000666. The molecule has 0 aromatic heterocycles. The predicted octanol–water partition coefficient (Wildman–Crippen LogP) is 5.93. The number of nitriles is 1. The van der Waals surface area contributed by atoms with Crippen molar-refractivity contribution in [2.45, 2.75) is 72.4 Å². The zero-order valence-corrected chi connectivity index (χ0v) is 27.1. The van der Waals surface area contributed by atoms with E-state index in [2.05, 4.69) is 33.9 Å². The van der Waals surface area contributed by atoms with Crippen LogP contribution < -0.4 is 21.3 Å². The highest BCUT2D eigenvalue weighted by molar-refractivity contribution is 5.95. The number of nitrogens with one attached hydrogen (secondary N) is 4. The van der Waals surface area contributed by atoms with Crippen molar-refractivity contribution in [3.05, 3.63) is 95.3 Å². The highest BCUT2D eigenvalue weighted by Crippen LogP contribution is 2.29. The highest BCUT2D eigenvalue weighted by atomic mass is 19.2. The van der Waals surface area contributed by atoms with Crippen LogP contribution in [-0.2, 0) is 9.59 Å². The van der Waals surface area contributed by atoms with Crippen molar-refractivity contribution in [1.29, 1.82) is 5.26 Å². The zero-order chi connectivity index (χ0) is 34.4. The average Bonchev–Trinajstić information content (AvgIpc) is 3.00. The van der Waals surface area contributed by atoms with Crippen molar-refractivity contribution in [2.75, 3.05) is 20.2 Å². The van der Waals surface area contributed by atoms with Crippen molar-refractivity contribution in [1.82, 2.24) is 21.3 Å². The molecular weight excluding hydrogens is 583 g/mol. The number of nitrogens with zero attached hydrogens (tertiary/aromatic N) is 1. The molecule has 248 valence electrons. The standard InChI is InChI=1S/C14H14F2N2O.C11H19N3O.C8H11F.CH4O/c1-7-13(8(2)19)14(18-9(3)17-7)10-4-5-11(15)12(16)6-10;1-9(15)13-6-7-14-11-4-2-10(8-12)3-5-11;1-3-4-5-6-7-8(2)9;1-2/h4-6,14,17-18H,3H2,1-2H3;10-11,14H,2-7H2,1H3,(H,13,15);3-7H,1-2H3;2H,1H3/b;;4-3-,6-5-,8-7+;. The number of rotatable bonds is 8. The number of ketones is 1. The molecule has 1 saturated carbocycles. The van der Waals surface area contributed by atoms with Crippen LogP contribution in [0.25, 0.3) is 0 Å². The molecule has 0 radical (unpaired) electrons. The van der Waals surface area contributed by atoms with Crippen LogP contribution in [0.4, 0.5) is 13.2 Å². The molecule has 45 heavy (non-hydrogen) atoms. The Labute approximate surface area is 265 Å². The maximum Gasteiger partial charge on any atom is 0.216 e. The lowest BCUT2D eigenvalue weighted by atomic mass is 9.87. The molecule has 1 heterocycles. The fourth-order valence-corrected chi connectivity index (χ4v) is 4.51. The Morgan fingerprint density at radius 3 is 2.22 bits per heavy atom. The quantitative estimate of drug-likeness (QED) is 0.178. The number of carbonyl (C=O) groups is 2. The third-order valence-corrected chi connectivity index (χ3v) is 6.59. The SMILES string of the molecule is C=C1NC(C)=C(C(C)=O)C(c2ccc(F)c(F)c2)N1.CC(=O)NCCNC1CCC(C#N)CC1.CO.C\C=C/C=C\C=C(/C)F. The number of hydrogen-bond donors (Lipinski definition) is 5. The molecule has 3 rings (SSSR count). The first-order valence-corrected chi connectivity index (χ1v) is 14.7. The van der Waals surface area contributed by atoms with Crippen LogP contribution in [0.1, 0.15) is 71.9 Å². The van der Waals surface area contributed by atoms with E-state index in [1.807, 2.05) is 19.1 Å². The lowest BCUT2D eigenvalue weighted by Crippen LogP contribution is -2.38. The lowest BCUT2D eigenvalue weighted by Gasteiger charge is -2.30. The summed E-state index contributed by atoms with van der Waals surface area (Å²) in [6.45, 7) is 13.3. The second-order valence-corrected chi connectivity index (χ2v) is 10.2. The summed E-state index contributed by atoms with van der Waals surface area (Å²) in [5, 5.41) is 27.8. The summed E-state index contributed by atoms with van der Waals surface area (Å²) >= 11 is 0. The fraction of sp³-hybridized carbons (Fsp3) is 0.441. The number of halogens is 3. The van der Waals surface area contributed by atoms with E-state index in [1.165, 1.54) is 32.9 Å². The first-order chi connectivity index (χ1) is 21.4. The van der Waals surface area contributed by atoms with Crippen LogP contribution in [0.5, 0.6) is 0 Å². The van der Waals surface area contributed by atoms with Gasteiger partial charge in [0.15, 0.2) is 17.4 Å². The largest absolute Gasteiger partial charge is 0.400 e. The Bertz CT molecular complexity index is 1260. The fourth-order valence-electron chi connectivity index (χ4n) is 4.51. The molecule has 0 bridgehead atoms. The summed E-state index contributed by atoms with van der Waals surface area (Å²) in [5.41, 5.74) is 1.62. The number of Topliss-reactive ketones (excluding diaryl/α,β-unsaturated/α-hetero) is 1. The number of allylic oxidation sites excluding steroid dienone is 7. The van der Waals surface area contributed by atoms with Crippen molar-refractivity contribution in [2.24, 2.45) is 5.92 Å². The minimum atomic E-state index is -0.941. The normalized spacial score (nSPS) is 19.4. The monoisotopic (exact) mass is 631 g/mol. The summed E-state index contributed by atoms with van der Waals surface area (Å²) in [5.74, 6) is -1.37. The van der Waals surface area contributed by atoms with E-state index in [1.54, 1.807) is 19.1 Å². The Morgan fingerprint density at radius 2 is 1.71 bits per heavy atom. The van der Waals surface area contributed by atoms with Gasteiger partial charge in [0, 0.05) is 50.4 Å². The molecule has 2 aliphatic rings. The molecule has 1 aliphatic heterocycles. The number of aliphatic hydroxyl groups is 1. The third-order valence-electron chi connectivity index (χ3n) is 6.59. The highest BCUT2D eigenvalue weighted by Gasteiger charge is 2.27. The Morgan fingerprint density at radius 1 is 1.07 bits per heavy atom. The van der Waals surface area contributed by atoms with Gasteiger partial charge in [0.25, 0.3) is 0 Å². The van der Waals surface area contributed by atoms with Gasteiger partial charge in [0.2, 0.25) is 5.91 Å². The lowest BCUT2D eigenvalue weighted by molar-refractivity contribution is -0.119. The van der Waals surface area contributed by atoms with Crippen molar-refractivity contribution >= 4 is 11.7 Å². The van der Waals surface area contributed by atoms with Gasteiger partial charge in [-0.1, -0.05) is 36.9 Å². The second kappa shape index (κ2) is 23.3. The summed E-state index contributed by atoms with van der Waals surface area (Å²) in [7, 11) is 1.00. The van der Waals surface area contributed by atoms with E-state index < -0.39 is 17.7 Å². The van der Waals surface area contributed by atoms with E-state index >= 15 is 0 Å². The molecule has 8 nitrogen and oxygen atoms in total. The number of carbonyl (C=O) groups excluding carboxylic acids is 2. The van der Waals surface area contributed by atoms with Gasteiger partial charge in [-0.25, -0.2) is 13.2 Å². The van der Waals surface area contributed by atoms with Gasteiger partial charge in [-0.3, -0.25) is 9.59 Å². The van der Waals surface area contributed by atoms with Crippen LogP contribution in [0, 0.1) is 28.9 Å². The molecule has 1 fully saturated rings. The number of amides is 1. The van der Waals surface area contributed by atoms with E-state index in [0.717, 1.165) is 51.5 Å². The van der Waals surface area contributed by atoms with E-state index in [-0.39, 0.29) is 23.4 Å². The number of benzene rings is 1. The maximum atomic E-state index is 13.3. The average molecular weight is 632 g/mol. The van der Waals surface area contributed by atoms with Gasteiger partial charge in [-0.2, -0.15) is 5.26 Å². The Kier molecular flexibility index (Phi) is 21.1. The summed E-state index contributed by atoms with van der Waals surface area (Å²) in [4.78, 5) is 22.3. The molecule has 1 aromatic carbocycles. The molecule has 1 aromatic rings. The summed E-state index contributed by atoms with van der Waals surface area (Å²) in [6.07, 6.45) is 12.8. The van der Waals surface area contributed by atoms with Gasteiger partial charge in [0.05, 0.1) is 23.8 Å². The first-order valence-electron chi connectivity index (χ1n) is 14.7. The van der Waals surface area contributed by atoms with Crippen LogP contribution in [0.15, 0.2) is 78.1 Å². The van der Waals surface area contributed by atoms with Crippen LogP contribution >= 0.6 is 0 Å². The van der Waals surface area contributed by atoms with Gasteiger partial charge >= 0.3 is 0 Å². The first kappa shape index (κ1) is 40.9. The molecule has 1 amide bonds. The van der Waals surface area contributed by atoms with E-state index in [4.69, 9.17) is 10.4 Å². The van der Waals surface area contributed by atoms with Crippen LogP contribution in [0.2, 0.25) is 0 Å². The molecule has 1 aliphatic carbocycles. The maximum absolute atomic E-state index is 13.3. The van der Waals surface area contributed by atoms with Crippen LogP contribution in [-0.4, -0.2) is 43.0 Å². The summed E-state index contributed by atoms with van der Waals surface area (Å²) < 4.78 is 38.2. The van der Waals surface area contributed by atoms with E-state index in [9.17, 15) is 22.8 Å². The van der Waals surface area contributed by atoms with Gasteiger partial charge in [-0.05, 0) is 77.2 Å². The molecular formula is C34H48F3N5O3. The molecule has 5 N–H and O–H groups in total. The molecule has 1 unspecified atom stereocenters. The van der Waals surface area contributed by atoms with E-state index in [0.29, 0.717) is 35.2 Å². The molecule has 11 heteroatoms. The van der Waals surface area contributed by atoms with Gasteiger partial charge in [0.1, 0.15) is 0 Å². The van der Waals surface area contributed by atoms with Gasteiger partial charge in [-0.15, -0.1) is 0 Å². The minimum absolute atomic E-state index is 0.0185. The third kappa shape index (κ3) is 17.1. The smallest absolute Gasteiger partial charge is 0.216 e. The molecule has 0 saturated heterocycles. The number of hydrogen-bond acceptors (Lipinski definition) is 7. The van der Waals surface area contributed by atoms with Crippen LogP contribution in [0.3, 0.4) is 0 Å². The summed E-state index contributed by atoms with van der Waals surface area (Å²) in [6, 6.07) is 5.91. The Hall–Kier alpha value is -4.14. The topological polar surface area (TPSA) is 126 Å². The molecule has 0 spiro atoms. The predicted molar refractivity (Wildman–Crippen MR) is 173 cm³/mol. The van der Waals surface area contributed by atoms with Gasteiger partial charge < -0.3 is 26.4 Å². The second-order valence-electron chi connectivity index (χ2n) is 10.2. The molecule has 1 atom stereocenters. The van der Waals surface area contributed by atoms with Crippen molar-refractivity contribution in [3.63, 3.8) is 0 Å². The minimum Gasteiger partial charge on any atom is -0.400 e. The number of aliphatic hydroxyl groups excluding tert-OH is 1. The zero-order valence-electron chi connectivity index (χ0n) is 27.1. The van der Waals surface area contributed by atoms with Crippen molar-refractivity contribution < 1.29 is 27.9 Å². The van der Waals surface area contributed by atoms with Crippen molar-refractivity contribution in [3.8, 4) is 6.07 Å².